The van der Waals surface area contributed by atoms with Crippen molar-refractivity contribution < 1.29 is 37.0 Å². The van der Waals surface area contributed by atoms with E-state index in [9.17, 15) is 18.0 Å². The van der Waals surface area contributed by atoms with E-state index < -0.39 is 33.1 Å². The van der Waals surface area contributed by atoms with E-state index >= 15 is 0 Å². The molecule has 0 saturated carbocycles. The summed E-state index contributed by atoms with van der Waals surface area (Å²) in [6.45, 7) is 3.00. The molecule has 36 heavy (non-hydrogen) atoms. The second-order valence-corrected chi connectivity index (χ2v) is 10.2. The third-order valence-electron chi connectivity index (χ3n) is 5.61. The Kier molecular flexibility index (Phi) is 8.54. The average molecular weight is 516 g/mol. The maximum Gasteiger partial charge on any atom is 0.339 e. The number of rotatable bonds is 10. The van der Waals surface area contributed by atoms with Gasteiger partial charge in [0.05, 0.1) is 24.7 Å². The first-order chi connectivity index (χ1) is 17.1. The van der Waals surface area contributed by atoms with Gasteiger partial charge in [0.2, 0.25) is 0 Å². The normalized spacial score (nSPS) is 13.0. The van der Waals surface area contributed by atoms with E-state index in [4.69, 9.17) is 18.9 Å². The summed E-state index contributed by atoms with van der Waals surface area (Å²) in [5, 5.41) is -1.42. The fourth-order valence-corrected chi connectivity index (χ4v) is 5.74. The van der Waals surface area contributed by atoms with Crippen molar-refractivity contribution in [1.82, 2.24) is 4.57 Å². The van der Waals surface area contributed by atoms with E-state index in [0.29, 0.717) is 11.3 Å². The third kappa shape index (κ3) is 5.77. The van der Waals surface area contributed by atoms with E-state index in [-0.39, 0.29) is 22.9 Å². The molecule has 2 aromatic carbocycles. The van der Waals surface area contributed by atoms with Gasteiger partial charge in [-0.15, -0.1) is 0 Å². The van der Waals surface area contributed by atoms with Crippen molar-refractivity contribution in [3.8, 4) is 5.75 Å². The molecule has 0 aliphatic carbocycles. The Balaban J connectivity index is 2.32. The minimum absolute atomic E-state index is 0.0357. The van der Waals surface area contributed by atoms with Gasteiger partial charge in [-0.25, -0.2) is 13.2 Å². The number of benzene rings is 2. The van der Waals surface area contributed by atoms with Crippen LogP contribution in [0.4, 0.5) is 0 Å². The zero-order valence-electron chi connectivity index (χ0n) is 20.8. The van der Waals surface area contributed by atoms with Gasteiger partial charge in [-0.2, -0.15) is 0 Å². The van der Waals surface area contributed by atoms with Crippen LogP contribution in [0.3, 0.4) is 0 Å². The van der Waals surface area contributed by atoms with Gasteiger partial charge in [0.25, 0.3) is 0 Å². The standard InChI is InChI=1S/C26H29NO8S/c1-17-6-12-22(13-7-17)36(30,31)25(23-14-20(26(29)34-5)15-27(23)16-32-3)24(35-18(2)28)19-8-10-21(33-4)11-9-19/h6-15,24-25H,16H2,1-5H3. The van der Waals surface area contributed by atoms with Crippen LogP contribution in [0, 0.1) is 6.92 Å². The van der Waals surface area contributed by atoms with Gasteiger partial charge in [0.1, 0.15) is 23.8 Å². The summed E-state index contributed by atoms with van der Waals surface area (Å²) in [6.07, 6.45) is 0.192. The number of aromatic nitrogens is 1. The molecule has 0 aliphatic heterocycles. The molecule has 0 spiro atoms. The Morgan fingerprint density at radius 2 is 1.61 bits per heavy atom. The van der Waals surface area contributed by atoms with Crippen LogP contribution in [0.1, 0.15) is 45.5 Å². The Hall–Kier alpha value is -3.63. The molecule has 0 saturated heterocycles. The lowest BCUT2D eigenvalue weighted by Gasteiger charge is -2.28. The number of sulfone groups is 1. The van der Waals surface area contributed by atoms with Gasteiger partial charge in [-0.3, -0.25) is 4.79 Å². The molecule has 1 aromatic heterocycles. The molecular formula is C26H29NO8S. The molecule has 1 heterocycles. The molecule has 10 heteroatoms. The van der Waals surface area contributed by atoms with Gasteiger partial charge < -0.3 is 23.5 Å². The van der Waals surface area contributed by atoms with Crippen LogP contribution in [-0.4, -0.2) is 46.3 Å². The second kappa shape index (κ2) is 11.4. The molecule has 2 atom stereocenters. The number of nitrogens with zero attached hydrogens (tertiary/aromatic N) is 1. The van der Waals surface area contributed by atoms with E-state index in [2.05, 4.69) is 0 Å². The predicted molar refractivity (Wildman–Crippen MR) is 131 cm³/mol. The van der Waals surface area contributed by atoms with Crippen LogP contribution in [0.25, 0.3) is 0 Å². The van der Waals surface area contributed by atoms with Crippen LogP contribution in [0.15, 0.2) is 65.7 Å². The minimum atomic E-state index is -4.18. The Morgan fingerprint density at radius 1 is 0.972 bits per heavy atom. The summed E-state index contributed by atoms with van der Waals surface area (Å²) in [4.78, 5) is 24.6. The zero-order valence-corrected chi connectivity index (χ0v) is 21.6. The van der Waals surface area contributed by atoms with Crippen LogP contribution < -0.4 is 4.74 Å². The summed E-state index contributed by atoms with van der Waals surface area (Å²) >= 11 is 0. The number of aryl methyl sites for hydroxylation is 1. The van der Waals surface area contributed by atoms with Gasteiger partial charge in [0.15, 0.2) is 9.84 Å². The van der Waals surface area contributed by atoms with Crippen LogP contribution >= 0.6 is 0 Å². The Morgan fingerprint density at radius 3 is 2.14 bits per heavy atom. The van der Waals surface area contributed by atoms with Crippen LogP contribution in [0.2, 0.25) is 0 Å². The number of esters is 2. The molecule has 3 aromatic rings. The predicted octanol–water partition coefficient (Wildman–Crippen LogP) is 4.02. The second-order valence-electron chi connectivity index (χ2n) is 8.11. The van der Waals surface area contributed by atoms with Crippen molar-refractivity contribution in [3.05, 3.63) is 83.2 Å². The zero-order chi connectivity index (χ0) is 26.5. The van der Waals surface area contributed by atoms with Gasteiger partial charge >= 0.3 is 11.9 Å². The summed E-state index contributed by atoms with van der Waals surface area (Å²) < 4.78 is 50.8. The van der Waals surface area contributed by atoms with Gasteiger partial charge in [-0.05, 0) is 42.8 Å². The molecule has 0 radical (unpaired) electrons. The molecule has 0 bridgehead atoms. The molecule has 0 fully saturated rings. The van der Waals surface area contributed by atoms with Crippen LogP contribution in [-0.2, 0) is 35.6 Å². The molecule has 0 amide bonds. The summed E-state index contributed by atoms with van der Waals surface area (Å²) in [6, 6.07) is 14.4. The van der Waals surface area contributed by atoms with Crippen molar-refractivity contribution >= 4 is 21.8 Å². The minimum Gasteiger partial charge on any atom is -0.497 e. The highest BCUT2D eigenvalue weighted by Gasteiger charge is 2.42. The number of carbonyl (C=O) groups is 2. The quantitative estimate of drug-likeness (QED) is 0.373. The third-order valence-corrected chi connectivity index (χ3v) is 7.69. The van der Waals surface area contributed by atoms with Crippen molar-refractivity contribution in [2.45, 2.75) is 36.8 Å². The summed E-state index contributed by atoms with van der Waals surface area (Å²) in [7, 11) is 0.00661. The van der Waals surface area contributed by atoms with Crippen LogP contribution in [0.5, 0.6) is 5.75 Å². The number of hydrogen-bond donors (Lipinski definition) is 0. The number of carbonyl (C=O) groups excluding carboxylic acids is 2. The van der Waals surface area contributed by atoms with Gasteiger partial charge in [0, 0.05) is 25.9 Å². The SMILES string of the molecule is COCn1cc(C(=O)OC)cc1C(C(OC(C)=O)c1ccc(OC)cc1)S(=O)(=O)c1ccc(C)cc1. The topological polar surface area (TPSA) is 110 Å². The molecule has 3 rings (SSSR count). The highest BCUT2D eigenvalue weighted by molar-refractivity contribution is 7.91. The van der Waals surface area contributed by atoms with Gasteiger partial charge in [-0.1, -0.05) is 29.8 Å². The molecular weight excluding hydrogens is 486 g/mol. The molecule has 2 unspecified atom stereocenters. The van der Waals surface area contributed by atoms with E-state index in [0.717, 1.165) is 5.56 Å². The van der Waals surface area contributed by atoms with E-state index in [1.54, 1.807) is 36.4 Å². The Bertz CT molecular complexity index is 1310. The summed E-state index contributed by atoms with van der Waals surface area (Å²) in [5.41, 5.74) is 1.63. The maximum absolute atomic E-state index is 14.2. The number of hydrogen-bond acceptors (Lipinski definition) is 8. The van der Waals surface area contributed by atoms with E-state index in [1.165, 1.54) is 57.2 Å². The fourth-order valence-electron chi connectivity index (χ4n) is 3.88. The molecule has 192 valence electrons. The van der Waals surface area contributed by atoms with Crippen molar-refractivity contribution in [2.24, 2.45) is 0 Å². The monoisotopic (exact) mass is 515 g/mol. The lowest BCUT2D eigenvalue weighted by atomic mass is 10.0. The Labute approximate surface area is 210 Å². The van der Waals surface area contributed by atoms with Crippen molar-refractivity contribution in [1.29, 1.82) is 0 Å². The summed E-state index contributed by atoms with van der Waals surface area (Å²) in [5.74, 6) is -0.766. The molecule has 0 aliphatic rings. The lowest BCUT2D eigenvalue weighted by molar-refractivity contribution is -0.147. The number of methoxy groups -OCH3 is 3. The average Bonchev–Trinajstić information content (AvgIpc) is 3.26. The molecule has 9 nitrogen and oxygen atoms in total. The lowest BCUT2D eigenvalue weighted by Crippen LogP contribution is -2.27. The highest BCUT2D eigenvalue weighted by Crippen LogP contribution is 2.43. The largest absolute Gasteiger partial charge is 0.497 e. The highest BCUT2D eigenvalue weighted by atomic mass is 32.2. The first-order valence-electron chi connectivity index (χ1n) is 11.0. The van der Waals surface area contributed by atoms with Crippen molar-refractivity contribution in [2.75, 3.05) is 21.3 Å². The number of ether oxygens (including phenoxy) is 4. The maximum atomic E-state index is 14.2. The fraction of sp³-hybridized carbons (Fsp3) is 0.308. The van der Waals surface area contributed by atoms with E-state index in [1.807, 2.05) is 6.92 Å². The smallest absolute Gasteiger partial charge is 0.339 e. The first-order valence-corrected chi connectivity index (χ1v) is 12.6. The van der Waals surface area contributed by atoms with Crippen molar-refractivity contribution in [3.63, 3.8) is 0 Å². The molecule has 0 N–H and O–H groups in total. The first kappa shape index (κ1) is 27.0.